The second-order valence-electron chi connectivity index (χ2n) is 7.56. The highest BCUT2D eigenvalue weighted by atomic mass is 35.5. The van der Waals surface area contributed by atoms with Crippen LogP contribution in [0, 0.1) is 0 Å². The fourth-order valence-corrected chi connectivity index (χ4v) is 6.61. The van der Waals surface area contributed by atoms with Crippen molar-refractivity contribution >= 4 is 80.2 Å². The fraction of sp³-hybridized carbons (Fsp3) is 0. The van der Waals surface area contributed by atoms with Crippen LogP contribution in [0.15, 0.2) is 97.1 Å². The third-order valence-electron chi connectivity index (χ3n) is 5.31. The molecule has 34 heavy (non-hydrogen) atoms. The first-order valence-electron chi connectivity index (χ1n) is 10.4. The monoisotopic (exact) mass is 556 g/mol. The molecule has 0 atom stereocenters. The number of rotatable bonds is 4. The van der Waals surface area contributed by atoms with Gasteiger partial charge in [-0.2, -0.15) is 0 Å². The zero-order chi connectivity index (χ0) is 23.7. The third kappa shape index (κ3) is 5.13. The van der Waals surface area contributed by atoms with Crippen LogP contribution in [0.4, 0.5) is 0 Å². The molecule has 0 saturated carbocycles. The Morgan fingerprint density at radius 1 is 0.353 bits per heavy atom. The van der Waals surface area contributed by atoms with Gasteiger partial charge in [0.25, 0.3) is 0 Å². The largest absolute Gasteiger partial charge is 0.113 e. The predicted molar refractivity (Wildman–Crippen MR) is 150 cm³/mol. The van der Waals surface area contributed by atoms with Crippen LogP contribution in [0.5, 0.6) is 0 Å². The van der Waals surface area contributed by atoms with E-state index in [9.17, 15) is 0 Å². The van der Waals surface area contributed by atoms with Gasteiger partial charge in [0.15, 0.2) is 0 Å². The second-order valence-corrected chi connectivity index (χ2v) is 11.9. The van der Waals surface area contributed by atoms with E-state index >= 15 is 0 Å². The number of halogens is 4. The first-order chi connectivity index (χ1) is 16.5. The Bertz CT molecular complexity index is 1310. The zero-order valence-corrected chi connectivity index (χ0v) is 22.2. The topological polar surface area (TPSA) is 0 Å². The van der Waals surface area contributed by atoms with E-state index in [4.69, 9.17) is 46.4 Å². The van der Waals surface area contributed by atoms with Gasteiger partial charge in [-0.1, -0.05) is 94.9 Å². The summed E-state index contributed by atoms with van der Waals surface area (Å²) >= 11 is 28.2. The lowest BCUT2D eigenvalue weighted by Gasteiger charge is -2.13. The minimum Gasteiger partial charge on any atom is -0.113 e. The van der Waals surface area contributed by atoms with Crippen LogP contribution in [-0.4, -0.2) is 0 Å². The van der Waals surface area contributed by atoms with Crippen molar-refractivity contribution in [1.29, 1.82) is 0 Å². The van der Waals surface area contributed by atoms with Gasteiger partial charge in [0.2, 0.25) is 0 Å². The average molecular weight is 558 g/mol. The van der Waals surface area contributed by atoms with Crippen molar-refractivity contribution in [2.24, 2.45) is 0 Å². The lowest BCUT2D eigenvalue weighted by molar-refractivity contribution is 1.53. The number of hydrogen-bond acceptors (Lipinski definition) is 2. The van der Waals surface area contributed by atoms with Gasteiger partial charge in [0.1, 0.15) is 0 Å². The summed E-state index contributed by atoms with van der Waals surface area (Å²) in [6.45, 7) is 0. The zero-order valence-electron chi connectivity index (χ0n) is 17.6. The standard InChI is InChI=1S/C28H16Cl4S2/c29-21-9-1-17(2-10-21)25(18-3-11-22(30)12-4-18)27-33-28(34-27)26(19-5-13-23(31)14-6-19)20-7-15-24(32)16-8-20/h1-16H. The summed E-state index contributed by atoms with van der Waals surface area (Å²) in [6, 6.07) is 31.8. The Morgan fingerprint density at radius 2 is 0.559 bits per heavy atom. The minimum absolute atomic E-state index is 0.714. The van der Waals surface area contributed by atoms with Crippen molar-refractivity contribution in [3.8, 4) is 0 Å². The van der Waals surface area contributed by atoms with Crippen LogP contribution >= 0.6 is 69.1 Å². The van der Waals surface area contributed by atoms with Crippen LogP contribution in [0.2, 0.25) is 20.1 Å². The molecular weight excluding hydrogens is 542 g/mol. The lowest BCUT2D eigenvalue weighted by Crippen LogP contribution is -2.18. The van der Waals surface area contributed by atoms with E-state index in [0.29, 0.717) is 20.1 Å². The molecule has 0 aliphatic rings. The Hall–Kier alpha value is -2.04. The van der Waals surface area contributed by atoms with Gasteiger partial charge in [-0.3, -0.25) is 0 Å². The summed E-state index contributed by atoms with van der Waals surface area (Å²) in [6.07, 6.45) is 0. The normalized spacial score (nSPS) is 10.9. The molecule has 0 spiro atoms. The maximum absolute atomic E-state index is 6.16. The summed E-state index contributed by atoms with van der Waals surface area (Å²) in [5.74, 6) is 0. The average Bonchev–Trinajstić information content (AvgIpc) is 2.81. The van der Waals surface area contributed by atoms with Gasteiger partial charge < -0.3 is 0 Å². The van der Waals surface area contributed by atoms with E-state index in [1.54, 1.807) is 22.7 Å². The number of hydrogen-bond donors (Lipinski definition) is 0. The molecule has 1 heterocycles. The Morgan fingerprint density at radius 3 is 0.765 bits per heavy atom. The maximum Gasteiger partial charge on any atom is 0.0906 e. The van der Waals surface area contributed by atoms with Gasteiger partial charge in [-0.15, -0.1) is 22.7 Å². The third-order valence-corrected chi connectivity index (χ3v) is 8.88. The van der Waals surface area contributed by atoms with Crippen molar-refractivity contribution in [3.63, 3.8) is 0 Å². The van der Waals surface area contributed by atoms with E-state index in [0.717, 1.165) is 22.3 Å². The molecule has 0 radical (unpaired) electrons. The molecule has 4 aromatic carbocycles. The minimum atomic E-state index is 0.714. The van der Waals surface area contributed by atoms with Crippen LogP contribution in [0.1, 0.15) is 22.3 Å². The Labute approximate surface area is 226 Å². The molecule has 0 fully saturated rings. The molecule has 0 aliphatic heterocycles. The summed E-state index contributed by atoms with van der Waals surface area (Å²) in [5.41, 5.74) is 6.78. The molecule has 0 saturated heterocycles. The summed E-state index contributed by atoms with van der Waals surface area (Å²) in [7, 11) is 0. The molecule has 0 N–H and O–H groups in total. The van der Waals surface area contributed by atoms with Crippen LogP contribution in [-0.2, 0) is 0 Å². The summed E-state index contributed by atoms with van der Waals surface area (Å²) < 4.78 is 2.44. The molecule has 6 heteroatoms. The van der Waals surface area contributed by atoms with Crippen LogP contribution < -0.4 is 7.69 Å². The van der Waals surface area contributed by atoms with Crippen molar-refractivity contribution in [2.45, 2.75) is 0 Å². The van der Waals surface area contributed by atoms with Gasteiger partial charge in [-0.05, 0) is 70.8 Å². The molecule has 1 aromatic heterocycles. The lowest BCUT2D eigenvalue weighted by atomic mass is 10.00. The predicted octanol–water partition coefficient (Wildman–Crippen LogP) is 8.92. The summed E-state index contributed by atoms with van der Waals surface area (Å²) in [5, 5.41) is 2.86. The SMILES string of the molecule is Clc1ccc(C(c2ccc(Cl)cc2)=c2sc(=C(c3ccc(Cl)cc3)c3ccc(Cl)cc3)s2)cc1. The highest BCUT2D eigenvalue weighted by Gasteiger charge is 2.14. The molecule has 0 bridgehead atoms. The molecule has 168 valence electrons. The number of benzene rings is 4. The maximum atomic E-state index is 6.16. The Balaban J connectivity index is 1.76. The van der Waals surface area contributed by atoms with Gasteiger partial charge >= 0.3 is 0 Å². The molecule has 5 aromatic rings. The van der Waals surface area contributed by atoms with E-state index in [1.807, 2.05) is 48.5 Å². The van der Waals surface area contributed by atoms with Crippen LogP contribution in [0.3, 0.4) is 0 Å². The van der Waals surface area contributed by atoms with Crippen molar-refractivity contribution in [2.75, 3.05) is 0 Å². The highest BCUT2D eigenvalue weighted by molar-refractivity contribution is 7.36. The molecule has 0 unspecified atom stereocenters. The first-order valence-corrected chi connectivity index (χ1v) is 13.5. The second kappa shape index (κ2) is 10.3. The van der Waals surface area contributed by atoms with E-state index in [-0.39, 0.29) is 0 Å². The van der Waals surface area contributed by atoms with Gasteiger partial charge in [0, 0.05) is 31.2 Å². The molecular formula is C28H16Cl4S2. The van der Waals surface area contributed by atoms with E-state index in [1.165, 1.54) is 18.8 Å². The fourth-order valence-electron chi connectivity index (χ4n) is 3.65. The van der Waals surface area contributed by atoms with E-state index in [2.05, 4.69) is 48.5 Å². The molecule has 0 nitrogen and oxygen atoms in total. The smallest absolute Gasteiger partial charge is 0.0906 e. The van der Waals surface area contributed by atoms with Crippen LogP contribution in [0.25, 0.3) is 11.1 Å². The Kier molecular flexibility index (Phi) is 7.17. The highest BCUT2D eigenvalue weighted by Crippen LogP contribution is 2.28. The van der Waals surface area contributed by atoms with Gasteiger partial charge in [-0.25, -0.2) is 0 Å². The molecule has 0 amide bonds. The van der Waals surface area contributed by atoms with Gasteiger partial charge in [0.05, 0.1) is 7.69 Å². The van der Waals surface area contributed by atoms with Crippen molar-refractivity contribution in [1.82, 2.24) is 0 Å². The quantitative estimate of drug-likeness (QED) is 0.207. The van der Waals surface area contributed by atoms with Crippen molar-refractivity contribution in [3.05, 3.63) is 147 Å². The van der Waals surface area contributed by atoms with E-state index < -0.39 is 0 Å². The first kappa shape index (κ1) is 23.7. The molecule has 5 rings (SSSR count). The summed E-state index contributed by atoms with van der Waals surface area (Å²) in [4.78, 5) is 0. The van der Waals surface area contributed by atoms with Crippen molar-refractivity contribution < 1.29 is 0 Å². The molecule has 0 aliphatic carbocycles.